The SMILES string of the molecule is O=C(O)[C@H](CCl)Cc1ccccc1. The van der Waals surface area contributed by atoms with Gasteiger partial charge in [-0.2, -0.15) is 0 Å². The Morgan fingerprint density at radius 2 is 2.00 bits per heavy atom. The van der Waals surface area contributed by atoms with E-state index in [9.17, 15) is 4.79 Å². The van der Waals surface area contributed by atoms with Crippen LogP contribution in [0.2, 0.25) is 0 Å². The van der Waals surface area contributed by atoms with Crippen LogP contribution in [0, 0.1) is 5.92 Å². The Hall–Kier alpha value is -1.02. The molecule has 1 rings (SSSR count). The average molecular weight is 199 g/mol. The van der Waals surface area contributed by atoms with E-state index in [0.29, 0.717) is 6.42 Å². The molecule has 70 valence electrons. The van der Waals surface area contributed by atoms with Gasteiger partial charge in [-0.05, 0) is 12.0 Å². The molecule has 0 spiro atoms. The summed E-state index contributed by atoms with van der Waals surface area (Å²) in [6, 6.07) is 9.50. The van der Waals surface area contributed by atoms with Gasteiger partial charge in [0.25, 0.3) is 0 Å². The number of aliphatic carboxylic acids is 1. The summed E-state index contributed by atoms with van der Waals surface area (Å²) in [6.45, 7) is 0. The van der Waals surface area contributed by atoms with Crippen LogP contribution in [-0.4, -0.2) is 17.0 Å². The molecule has 1 aromatic carbocycles. The molecule has 0 saturated carbocycles. The van der Waals surface area contributed by atoms with Crippen LogP contribution in [-0.2, 0) is 11.2 Å². The van der Waals surface area contributed by atoms with Crippen molar-refractivity contribution >= 4 is 17.6 Å². The van der Waals surface area contributed by atoms with Gasteiger partial charge in [0.2, 0.25) is 0 Å². The molecule has 0 aromatic heterocycles. The number of hydrogen-bond donors (Lipinski definition) is 1. The van der Waals surface area contributed by atoms with E-state index in [1.54, 1.807) is 0 Å². The molecule has 1 atom stereocenters. The molecule has 0 aliphatic heterocycles. The van der Waals surface area contributed by atoms with Gasteiger partial charge in [-0.1, -0.05) is 30.3 Å². The zero-order chi connectivity index (χ0) is 9.68. The highest BCUT2D eigenvalue weighted by Gasteiger charge is 2.15. The monoisotopic (exact) mass is 198 g/mol. The van der Waals surface area contributed by atoms with Gasteiger partial charge in [-0.25, -0.2) is 0 Å². The summed E-state index contributed by atoms with van der Waals surface area (Å²) in [5.41, 5.74) is 1.01. The molecule has 0 aliphatic carbocycles. The van der Waals surface area contributed by atoms with Crippen LogP contribution in [0.4, 0.5) is 0 Å². The Bertz CT molecular complexity index is 272. The van der Waals surface area contributed by atoms with Crippen LogP contribution in [0.3, 0.4) is 0 Å². The summed E-state index contributed by atoms with van der Waals surface area (Å²) < 4.78 is 0. The summed E-state index contributed by atoms with van der Waals surface area (Å²) in [7, 11) is 0. The predicted molar refractivity (Wildman–Crippen MR) is 52.0 cm³/mol. The number of carbonyl (C=O) groups is 1. The molecule has 0 saturated heterocycles. The lowest BCUT2D eigenvalue weighted by Crippen LogP contribution is -2.17. The van der Waals surface area contributed by atoms with Crippen molar-refractivity contribution in [2.75, 3.05) is 5.88 Å². The van der Waals surface area contributed by atoms with Crippen LogP contribution in [0.1, 0.15) is 5.56 Å². The van der Waals surface area contributed by atoms with Gasteiger partial charge in [-0.15, -0.1) is 11.6 Å². The van der Waals surface area contributed by atoms with E-state index in [1.807, 2.05) is 30.3 Å². The zero-order valence-electron chi connectivity index (χ0n) is 7.11. The largest absolute Gasteiger partial charge is 0.481 e. The quantitative estimate of drug-likeness (QED) is 0.753. The lowest BCUT2D eigenvalue weighted by Gasteiger charge is -2.07. The first kappa shape index (κ1) is 10.1. The molecule has 3 heteroatoms. The van der Waals surface area contributed by atoms with Gasteiger partial charge < -0.3 is 5.11 Å². The maximum Gasteiger partial charge on any atom is 0.308 e. The number of benzene rings is 1. The third kappa shape index (κ3) is 3.07. The third-order valence-corrected chi connectivity index (χ3v) is 2.23. The summed E-state index contributed by atoms with van der Waals surface area (Å²) in [5.74, 6) is -1.16. The molecule has 0 aliphatic rings. The Labute approximate surface area is 82.2 Å². The summed E-state index contributed by atoms with van der Waals surface area (Å²) in [6.07, 6.45) is 0.500. The van der Waals surface area contributed by atoms with Gasteiger partial charge in [0.05, 0.1) is 5.92 Å². The average Bonchev–Trinajstić information content (AvgIpc) is 2.15. The van der Waals surface area contributed by atoms with Crippen molar-refractivity contribution in [3.05, 3.63) is 35.9 Å². The van der Waals surface area contributed by atoms with Crippen LogP contribution < -0.4 is 0 Å². The predicted octanol–water partition coefficient (Wildman–Crippen LogP) is 2.17. The number of hydrogen-bond acceptors (Lipinski definition) is 1. The van der Waals surface area contributed by atoms with Crippen molar-refractivity contribution in [2.24, 2.45) is 5.92 Å². The van der Waals surface area contributed by atoms with Crippen molar-refractivity contribution in [2.45, 2.75) is 6.42 Å². The van der Waals surface area contributed by atoms with Gasteiger partial charge in [0, 0.05) is 5.88 Å². The summed E-state index contributed by atoms with van der Waals surface area (Å²) >= 11 is 5.53. The standard InChI is InChI=1S/C10H11ClO2/c11-7-9(10(12)13)6-8-4-2-1-3-5-8/h1-5,9H,6-7H2,(H,12,13)/t9-/m0/s1. The van der Waals surface area contributed by atoms with E-state index in [0.717, 1.165) is 5.56 Å². The molecule has 13 heavy (non-hydrogen) atoms. The minimum absolute atomic E-state index is 0.157. The lowest BCUT2D eigenvalue weighted by molar-refractivity contribution is -0.140. The van der Waals surface area contributed by atoms with Crippen LogP contribution in [0.5, 0.6) is 0 Å². The van der Waals surface area contributed by atoms with Crippen LogP contribution in [0.15, 0.2) is 30.3 Å². The fraction of sp³-hybridized carbons (Fsp3) is 0.300. The molecule has 0 fully saturated rings. The van der Waals surface area contributed by atoms with Gasteiger partial charge in [0.1, 0.15) is 0 Å². The minimum Gasteiger partial charge on any atom is -0.481 e. The van der Waals surface area contributed by atoms with Crippen molar-refractivity contribution < 1.29 is 9.90 Å². The van der Waals surface area contributed by atoms with Crippen molar-refractivity contribution in [3.63, 3.8) is 0 Å². The first-order chi connectivity index (χ1) is 6.24. The molecule has 0 amide bonds. The fourth-order valence-corrected chi connectivity index (χ4v) is 1.35. The Kier molecular flexibility index (Phi) is 3.77. The smallest absolute Gasteiger partial charge is 0.308 e. The molecule has 0 bridgehead atoms. The second-order valence-electron chi connectivity index (χ2n) is 2.88. The highest BCUT2D eigenvalue weighted by Crippen LogP contribution is 2.10. The second kappa shape index (κ2) is 4.87. The number of carboxylic acids is 1. The normalized spacial score (nSPS) is 12.4. The summed E-state index contributed by atoms with van der Waals surface area (Å²) in [4.78, 5) is 10.7. The van der Waals surface area contributed by atoms with Gasteiger partial charge in [-0.3, -0.25) is 4.79 Å². The van der Waals surface area contributed by atoms with E-state index in [2.05, 4.69) is 0 Å². The first-order valence-corrected chi connectivity index (χ1v) is 4.60. The zero-order valence-corrected chi connectivity index (χ0v) is 7.87. The Morgan fingerprint density at radius 3 is 2.46 bits per heavy atom. The number of halogens is 1. The Balaban J connectivity index is 2.62. The molecule has 0 unspecified atom stereocenters. The topological polar surface area (TPSA) is 37.3 Å². The summed E-state index contributed by atoms with van der Waals surface area (Å²) in [5, 5.41) is 8.75. The molecule has 1 N–H and O–H groups in total. The van der Waals surface area contributed by atoms with E-state index in [-0.39, 0.29) is 5.88 Å². The van der Waals surface area contributed by atoms with E-state index >= 15 is 0 Å². The maximum atomic E-state index is 10.7. The molecule has 2 nitrogen and oxygen atoms in total. The minimum atomic E-state index is -0.834. The molecule has 0 heterocycles. The third-order valence-electron chi connectivity index (χ3n) is 1.86. The van der Waals surface area contributed by atoms with Gasteiger partial charge in [0.15, 0.2) is 0 Å². The number of rotatable bonds is 4. The molecular formula is C10H11ClO2. The highest BCUT2D eigenvalue weighted by atomic mass is 35.5. The van der Waals surface area contributed by atoms with Gasteiger partial charge >= 0.3 is 5.97 Å². The fourth-order valence-electron chi connectivity index (χ4n) is 1.11. The number of carboxylic acid groups (broad SMARTS) is 1. The van der Waals surface area contributed by atoms with Crippen LogP contribution in [0.25, 0.3) is 0 Å². The maximum absolute atomic E-state index is 10.7. The first-order valence-electron chi connectivity index (χ1n) is 4.06. The lowest BCUT2D eigenvalue weighted by atomic mass is 10.0. The van der Waals surface area contributed by atoms with Crippen molar-refractivity contribution in [3.8, 4) is 0 Å². The van der Waals surface area contributed by atoms with Crippen molar-refractivity contribution in [1.29, 1.82) is 0 Å². The highest BCUT2D eigenvalue weighted by molar-refractivity contribution is 6.19. The second-order valence-corrected chi connectivity index (χ2v) is 3.19. The van der Waals surface area contributed by atoms with E-state index < -0.39 is 11.9 Å². The Morgan fingerprint density at radius 1 is 1.38 bits per heavy atom. The molecular weight excluding hydrogens is 188 g/mol. The molecule has 0 radical (unpaired) electrons. The number of alkyl halides is 1. The molecule has 1 aromatic rings. The van der Waals surface area contributed by atoms with Crippen molar-refractivity contribution in [1.82, 2.24) is 0 Å². The van der Waals surface area contributed by atoms with E-state index in [1.165, 1.54) is 0 Å². The van der Waals surface area contributed by atoms with Crippen LogP contribution >= 0.6 is 11.6 Å². The van der Waals surface area contributed by atoms with E-state index in [4.69, 9.17) is 16.7 Å².